The van der Waals surface area contributed by atoms with Crippen molar-refractivity contribution in [1.82, 2.24) is 0 Å². The maximum absolute atomic E-state index is 12.1. The Bertz CT molecular complexity index is 416. The number of hydrogen-bond acceptors (Lipinski definition) is 2. The van der Waals surface area contributed by atoms with Crippen LogP contribution in [0.4, 0.5) is 14.5 Å². The van der Waals surface area contributed by atoms with Gasteiger partial charge >= 0.3 is 6.61 Å². The second kappa shape index (κ2) is 7.09. The molecule has 0 saturated heterocycles. The lowest BCUT2D eigenvalue weighted by atomic mass is 10.1. The number of hydrogen-bond donors (Lipinski definition) is 0. The molecule has 0 aliphatic carbocycles. The van der Waals surface area contributed by atoms with Crippen LogP contribution in [0.3, 0.4) is 0 Å². The molecule has 18 heavy (non-hydrogen) atoms. The monoisotopic (exact) mass is 255 g/mol. The molecule has 100 valence electrons. The van der Waals surface area contributed by atoms with E-state index in [0.717, 1.165) is 36.2 Å². The van der Waals surface area contributed by atoms with Gasteiger partial charge in [-0.2, -0.15) is 8.78 Å². The molecule has 0 atom stereocenters. The number of alkyl halides is 2. The number of benzene rings is 1. The zero-order chi connectivity index (χ0) is 13.5. The number of halogens is 2. The van der Waals surface area contributed by atoms with Crippen LogP contribution in [0, 0.1) is 6.92 Å². The SMILES string of the molecule is CCCCC(C)=Nc1ccc(OC(F)F)cc1C. The molecule has 0 radical (unpaired) electrons. The lowest BCUT2D eigenvalue weighted by Gasteiger charge is -2.07. The highest BCUT2D eigenvalue weighted by Crippen LogP contribution is 2.25. The van der Waals surface area contributed by atoms with Gasteiger partial charge in [0.2, 0.25) is 0 Å². The van der Waals surface area contributed by atoms with Crippen LogP contribution in [0.2, 0.25) is 0 Å². The van der Waals surface area contributed by atoms with Gasteiger partial charge in [-0.1, -0.05) is 13.3 Å². The Morgan fingerprint density at radius 1 is 1.39 bits per heavy atom. The van der Waals surface area contributed by atoms with Crippen LogP contribution in [0.25, 0.3) is 0 Å². The number of aliphatic imine (C=N–C) groups is 1. The van der Waals surface area contributed by atoms with Gasteiger partial charge in [0.1, 0.15) is 5.75 Å². The third-order valence-corrected chi connectivity index (χ3v) is 2.60. The molecule has 0 spiro atoms. The van der Waals surface area contributed by atoms with E-state index in [4.69, 9.17) is 0 Å². The van der Waals surface area contributed by atoms with E-state index in [9.17, 15) is 8.78 Å². The maximum atomic E-state index is 12.1. The van der Waals surface area contributed by atoms with Crippen LogP contribution >= 0.6 is 0 Å². The highest BCUT2D eigenvalue weighted by atomic mass is 19.3. The van der Waals surface area contributed by atoms with Crippen molar-refractivity contribution >= 4 is 11.4 Å². The van der Waals surface area contributed by atoms with Gasteiger partial charge in [-0.3, -0.25) is 4.99 Å². The topological polar surface area (TPSA) is 21.6 Å². The van der Waals surface area contributed by atoms with E-state index in [1.807, 2.05) is 13.8 Å². The van der Waals surface area contributed by atoms with E-state index in [-0.39, 0.29) is 5.75 Å². The molecule has 0 N–H and O–H groups in total. The normalized spacial score (nSPS) is 12.0. The van der Waals surface area contributed by atoms with Crippen molar-refractivity contribution in [2.24, 2.45) is 4.99 Å². The minimum atomic E-state index is -2.79. The summed E-state index contributed by atoms with van der Waals surface area (Å²) in [6.07, 6.45) is 3.21. The van der Waals surface area contributed by atoms with Crippen LogP contribution < -0.4 is 4.74 Å². The number of ether oxygens (including phenoxy) is 1. The fourth-order valence-electron chi connectivity index (χ4n) is 1.62. The molecule has 4 heteroatoms. The van der Waals surface area contributed by atoms with Crippen molar-refractivity contribution < 1.29 is 13.5 Å². The Labute approximate surface area is 107 Å². The molecule has 0 aromatic heterocycles. The number of rotatable bonds is 6. The molecular weight excluding hydrogens is 236 g/mol. The summed E-state index contributed by atoms with van der Waals surface area (Å²) in [5.74, 6) is 0.174. The second-order valence-corrected chi connectivity index (χ2v) is 4.28. The number of unbranched alkanes of at least 4 members (excludes halogenated alkanes) is 1. The number of nitrogens with zero attached hydrogens (tertiary/aromatic N) is 1. The van der Waals surface area contributed by atoms with Crippen molar-refractivity contribution in [3.8, 4) is 5.75 Å². The highest BCUT2D eigenvalue weighted by Gasteiger charge is 2.06. The van der Waals surface area contributed by atoms with Crippen molar-refractivity contribution in [3.63, 3.8) is 0 Å². The van der Waals surface area contributed by atoms with Crippen LogP contribution in [-0.4, -0.2) is 12.3 Å². The first-order valence-corrected chi connectivity index (χ1v) is 6.12. The van der Waals surface area contributed by atoms with Gasteiger partial charge in [-0.05, 0) is 50.5 Å². The van der Waals surface area contributed by atoms with Crippen molar-refractivity contribution in [3.05, 3.63) is 23.8 Å². The van der Waals surface area contributed by atoms with Crippen molar-refractivity contribution in [1.29, 1.82) is 0 Å². The first-order valence-electron chi connectivity index (χ1n) is 6.12. The molecule has 0 bridgehead atoms. The quantitative estimate of drug-likeness (QED) is 0.664. The zero-order valence-electron chi connectivity index (χ0n) is 11.0. The second-order valence-electron chi connectivity index (χ2n) is 4.28. The molecule has 0 heterocycles. The Kier molecular flexibility index (Phi) is 5.75. The minimum Gasteiger partial charge on any atom is -0.435 e. The van der Waals surface area contributed by atoms with Crippen molar-refractivity contribution in [2.75, 3.05) is 0 Å². The van der Waals surface area contributed by atoms with Gasteiger partial charge in [0, 0.05) is 5.71 Å². The summed E-state index contributed by atoms with van der Waals surface area (Å²) in [5.41, 5.74) is 2.71. The Balaban J connectivity index is 2.79. The molecule has 0 aliphatic rings. The molecule has 0 saturated carbocycles. The van der Waals surface area contributed by atoms with E-state index in [0.29, 0.717) is 0 Å². The Morgan fingerprint density at radius 2 is 2.11 bits per heavy atom. The smallest absolute Gasteiger partial charge is 0.387 e. The predicted molar refractivity (Wildman–Crippen MR) is 70.1 cm³/mol. The Morgan fingerprint density at radius 3 is 2.67 bits per heavy atom. The summed E-state index contributed by atoms with van der Waals surface area (Å²) in [6, 6.07) is 4.81. The molecule has 0 unspecified atom stereocenters. The lowest BCUT2D eigenvalue weighted by molar-refractivity contribution is -0.0498. The van der Waals surface area contributed by atoms with Crippen LogP contribution in [0.15, 0.2) is 23.2 Å². The molecule has 1 aromatic rings. The molecule has 0 amide bonds. The lowest BCUT2D eigenvalue weighted by Crippen LogP contribution is -2.01. The van der Waals surface area contributed by atoms with Crippen molar-refractivity contribution in [2.45, 2.75) is 46.6 Å². The molecule has 0 fully saturated rings. The van der Waals surface area contributed by atoms with E-state index in [2.05, 4.69) is 16.7 Å². The van der Waals surface area contributed by atoms with Gasteiger partial charge in [-0.25, -0.2) is 0 Å². The predicted octanol–water partition coefficient (Wildman–Crippen LogP) is 4.88. The van der Waals surface area contributed by atoms with Gasteiger partial charge in [0.05, 0.1) is 5.69 Å². The Hall–Kier alpha value is -1.45. The van der Waals surface area contributed by atoms with Gasteiger partial charge in [-0.15, -0.1) is 0 Å². The van der Waals surface area contributed by atoms with E-state index < -0.39 is 6.61 Å². The van der Waals surface area contributed by atoms with Gasteiger partial charge < -0.3 is 4.74 Å². The van der Waals surface area contributed by atoms with E-state index in [1.54, 1.807) is 12.1 Å². The van der Waals surface area contributed by atoms with Crippen LogP contribution in [0.5, 0.6) is 5.75 Å². The highest BCUT2D eigenvalue weighted by molar-refractivity contribution is 5.84. The van der Waals surface area contributed by atoms with E-state index >= 15 is 0 Å². The number of aryl methyl sites for hydroxylation is 1. The van der Waals surface area contributed by atoms with Gasteiger partial charge in [0.15, 0.2) is 0 Å². The largest absolute Gasteiger partial charge is 0.435 e. The molecule has 0 aliphatic heterocycles. The average molecular weight is 255 g/mol. The molecule has 1 aromatic carbocycles. The fourth-order valence-corrected chi connectivity index (χ4v) is 1.62. The minimum absolute atomic E-state index is 0.174. The first-order chi connectivity index (χ1) is 8.52. The third-order valence-electron chi connectivity index (χ3n) is 2.60. The summed E-state index contributed by atoms with van der Waals surface area (Å²) >= 11 is 0. The molecule has 1 rings (SSSR count). The fraction of sp³-hybridized carbons (Fsp3) is 0.500. The van der Waals surface area contributed by atoms with Gasteiger partial charge in [0.25, 0.3) is 0 Å². The third kappa shape index (κ3) is 4.82. The van der Waals surface area contributed by atoms with Crippen LogP contribution in [0.1, 0.15) is 38.7 Å². The molecule has 2 nitrogen and oxygen atoms in total. The summed E-state index contributed by atoms with van der Waals surface area (Å²) in [6.45, 7) is 3.17. The van der Waals surface area contributed by atoms with E-state index in [1.165, 1.54) is 6.07 Å². The average Bonchev–Trinajstić information content (AvgIpc) is 2.29. The zero-order valence-corrected chi connectivity index (χ0v) is 11.0. The summed E-state index contributed by atoms with van der Waals surface area (Å²) in [7, 11) is 0. The summed E-state index contributed by atoms with van der Waals surface area (Å²) < 4.78 is 28.4. The summed E-state index contributed by atoms with van der Waals surface area (Å²) in [5, 5.41) is 0. The first kappa shape index (κ1) is 14.6. The maximum Gasteiger partial charge on any atom is 0.387 e. The van der Waals surface area contributed by atoms with Crippen LogP contribution in [-0.2, 0) is 0 Å². The standard InChI is InChI=1S/C14H19F2NO/c1-4-5-6-11(3)17-13-8-7-12(9-10(13)2)18-14(15)16/h7-9,14H,4-6H2,1-3H3. The molecular formula is C14H19F2NO. The summed E-state index contributed by atoms with van der Waals surface area (Å²) in [4.78, 5) is 4.49.